The molecule has 2 aliphatic rings. The van der Waals surface area contributed by atoms with E-state index in [1.165, 1.54) is 5.56 Å². The van der Waals surface area contributed by atoms with E-state index in [1.807, 2.05) is 6.20 Å². The van der Waals surface area contributed by atoms with E-state index < -0.39 is 0 Å². The molecule has 0 atom stereocenters. The summed E-state index contributed by atoms with van der Waals surface area (Å²) < 4.78 is 2.28. The van der Waals surface area contributed by atoms with Gasteiger partial charge in [0.2, 0.25) is 5.95 Å². The van der Waals surface area contributed by atoms with E-state index in [1.54, 1.807) is 18.2 Å². The number of aliphatic hydroxyl groups is 1. The van der Waals surface area contributed by atoms with E-state index in [0.717, 1.165) is 86.3 Å². The van der Waals surface area contributed by atoms with Crippen molar-refractivity contribution >= 4 is 45.9 Å². The molecule has 39 heavy (non-hydrogen) atoms. The molecule has 7 nitrogen and oxygen atoms in total. The Hall–Kier alpha value is -2.68. The van der Waals surface area contributed by atoms with Gasteiger partial charge in [-0.15, -0.1) is 0 Å². The Morgan fingerprint density at radius 3 is 2.33 bits per heavy atom. The molecule has 1 saturated heterocycles. The second kappa shape index (κ2) is 11.4. The lowest BCUT2D eigenvalue weighted by Gasteiger charge is -2.32. The molecule has 1 aliphatic heterocycles. The van der Waals surface area contributed by atoms with Crippen LogP contribution in [0.5, 0.6) is 0 Å². The van der Waals surface area contributed by atoms with Crippen molar-refractivity contribution < 1.29 is 5.11 Å². The zero-order valence-corrected chi connectivity index (χ0v) is 23.7. The Morgan fingerprint density at radius 1 is 0.949 bits per heavy atom. The molecule has 2 fully saturated rings. The van der Waals surface area contributed by atoms with Gasteiger partial charge in [0.25, 0.3) is 0 Å². The summed E-state index contributed by atoms with van der Waals surface area (Å²) in [6, 6.07) is 14.5. The minimum absolute atomic E-state index is 0.213. The first-order valence-electron chi connectivity index (χ1n) is 13.7. The average molecular weight is 566 g/mol. The molecule has 1 aliphatic carbocycles. The quantitative estimate of drug-likeness (QED) is 0.283. The number of halogens is 2. The number of aliphatic hydroxyl groups excluding tert-OH is 1. The lowest BCUT2D eigenvalue weighted by molar-refractivity contribution is 0.111. The highest BCUT2D eigenvalue weighted by Gasteiger charge is 2.24. The number of aromatic nitrogens is 3. The number of nitrogens with one attached hydrogen (secondary N) is 1. The van der Waals surface area contributed by atoms with E-state index in [-0.39, 0.29) is 12.1 Å². The molecule has 4 aromatic rings. The number of benzene rings is 2. The molecule has 2 aromatic carbocycles. The van der Waals surface area contributed by atoms with Crippen molar-refractivity contribution in [3.05, 3.63) is 70.5 Å². The fourth-order valence-electron chi connectivity index (χ4n) is 5.74. The molecule has 0 unspecified atom stereocenters. The summed E-state index contributed by atoms with van der Waals surface area (Å²) in [6.07, 6.45) is 7.36. The molecule has 9 heteroatoms. The lowest BCUT2D eigenvalue weighted by Crippen LogP contribution is -2.43. The van der Waals surface area contributed by atoms with Crippen LogP contribution in [-0.4, -0.2) is 68.8 Å². The topological polar surface area (TPSA) is 69.5 Å². The Balaban J connectivity index is 1.31. The maximum absolute atomic E-state index is 10.1. The first-order chi connectivity index (χ1) is 18.9. The minimum atomic E-state index is -0.213. The zero-order valence-electron chi connectivity index (χ0n) is 22.2. The Bertz CT molecular complexity index is 1420. The predicted octanol–water partition coefficient (Wildman–Crippen LogP) is 6.37. The Morgan fingerprint density at radius 2 is 1.64 bits per heavy atom. The summed E-state index contributed by atoms with van der Waals surface area (Å²) in [5, 5.41) is 15.5. The van der Waals surface area contributed by atoms with Crippen molar-refractivity contribution in [2.75, 3.05) is 38.5 Å². The summed E-state index contributed by atoms with van der Waals surface area (Å²) >= 11 is 12.4. The van der Waals surface area contributed by atoms with Crippen LogP contribution in [0.1, 0.15) is 37.3 Å². The second-order valence-electron chi connectivity index (χ2n) is 10.9. The zero-order chi connectivity index (χ0) is 26.9. The first-order valence-corrected chi connectivity index (χ1v) is 14.5. The third kappa shape index (κ3) is 6.08. The molecule has 2 aromatic heterocycles. The van der Waals surface area contributed by atoms with Gasteiger partial charge in [-0.25, -0.2) is 4.98 Å². The monoisotopic (exact) mass is 564 g/mol. The highest BCUT2D eigenvalue weighted by molar-refractivity contribution is 6.35. The SMILES string of the molecule is CN1CCN(Cc2ccc(-c3cn([C@H]4CC[C@H](O)CC4)c4nc(Nc5cc(Cl)cc(Cl)c5)ncc34)cc2)CC1. The maximum Gasteiger partial charge on any atom is 0.229 e. The van der Waals surface area contributed by atoms with Gasteiger partial charge in [0.15, 0.2) is 0 Å². The number of fused-ring (bicyclic) bond motifs is 1. The maximum atomic E-state index is 10.1. The first kappa shape index (κ1) is 26.5. The fraction of sp³-hybridized carbons (Fsp3) is 0.400. The van der Waals surface area contributed by atoms with Crippen LogP contribution in [0.25, 0.3) is 22.2 Å². The van der Waals surface area contributed by atoms with Gasteiger partial charge in [-0.1, -0.05) is 47.5 Å². The number of piperazine rings is 1. The number of nitrogens with zero attached hydrogens (tertiary/aromatic N) is 5. The number of rotatable bonds is 6. The van der Waals surface area contributed by atoms with Crippen molar-refractivity contribution in [2.24, 2.45) is 0 Å². The van der Waals surface area contributed by atoms with Gasteiger partial charge in [-0.3, -0.25) is 4.90 Å². The van der Waals surface area contributed by atoms with E-state index in [0.29, 0.717) is 16.0 Å². The number of likely N-dealkylation sites (N-methyl/N-ethyl adjacent to an activating group) is 1. The fourth-order valence-corrected chi connectivity index (χ4v) is 6.27. The standard InChI is InChI=1S/C30H34Cl2N6O/c1-36-10-12-37(13-11-36)18-20-2-4-21(5-3-20)28-19-38(25-6-8-26(39)9-7-25)29-27(28)17-33-30(35-29)34-24-15-22(31)14-23(32)16-24/h2-5,14-17,19,25-26,39H,6-13,18H2,1H3,(H,33,34,35)/t25-,26-. The second-order valence-corrected chi connectivity index (χ2v) is 11.8. The van der Waals surface area contributed by atoms with Gasteiger partial charge in [0.1, 0.15) is 5.65 Å². The van der Waals surface area contributed by atoms with Crippen LogP contribution < -0.4 is 5.32 Å². The third-order valence-electron chi connectivity index (χ3n) is 8.02. The highest BCUT2D eigenvalue weighted by Crippen LogP contribution is 2.37. The molecule has 0 radical (unpaired) electrons. The highest BCUT2D eigenvalue weighted by atomic mass is 35.5. The van der Waals surface area contributed by atoms with Gasteiger partial charge < -0.3 is 19.9 Å². The van der Waals surface area contributed by atoms with E-state index in [9.17, 15) is 5.11 Å². The van der Waals surface area contributed by atoms with Gasteiger partial charge in [0.05, 0.1) is 6.10 Å². The Kier molecular flexibility index (Phi) is 7.78. The molecular weight excluding hydrogens is 531 g/mol. The van der Waals surface area contributed by atoms with Crippen molar-refractivity contribution in [1.82, 2.24) is 24.3 Å². The molecule has 0 amide bonds. The molecule has 204 valence electrons. The van der Waals surface area contributed by atoms with Crippen molar-refractivity contribution in [1.29, 1.82) is 0 Å². The van der Waals surface area contributed by atoms with Gasteiger partial charge in [0, 0.05) is 77.8 Å². The van der Waals surface area contributed by atoms with Crippen LogP contribution in [0.15, 0.2) is 54.9 Å². The molecule has 6 rings (SSSR count). The lowest BCUT2D eigenvalue weighted by atomic mass is 9.93. The molecule has 3 heterocycles. The molecule has 0 spiro atoms. The van der Waals surface area contributed by atoms with Gasteiger partial charge in [-0.05, 0) is 62.1 Å². The van der Waals surface area contributed by atoms with Gasteiger partial charge >= 0.3 is 0 Å². The van der Waals surface area contributed by atoms with Crippen LogP contribution in [0, 0.1) is 0 Å². The van der Waals surface area contributed by atoms with Crippen LogP contribution in [0.4, 0.5) is 11.6 Å². The molecule has 0 bridgehead atoms. The number of anilines is 2. The minimum Gasteiger partial charge on any atom is -0.393 e. The predicted molar refractivity (Wildman–Crippen MR) is 159 cm³/mol. The van der Waals surface area contributed by atoms with E-state index in [2.05, 4.69) is 62.2 Å². The van der Waals surface area contributed by atoms with E-state index in [4.69, 9.17) is 28.2 Å². The Labute approximate surface area is 239 Å². The summed E-state index contributed by atoms with van der Waals surface area (Å²) in [7, 11) is 2.19. The van der Waals surface area contributed by atoms with Crippen molar-refractivity contribution in [3.8, 4) is 11.1 Å². The van der Waals surface area contributed by atoms with Crippen LogP contribution in [-0.2, 0) is 6.54 Å². The third-order valence-corrected chi connectivity index (χ3v) is 8.45. The van der Waals surface area contributed by atoms with Gasteiger partial charge in [-0.2, -0.15) is 4.98 Å². The van der Waals surface area contributed by atoms with Crippen LogP contribution in [0.2, 0.25) is 10.0 Å². The largest absolute Gasteiger partial charge is 0.393 e. The summed E-state index contributed by atoms with van der Waals surface area (Å²) in [5.74, 6) is 0.491. The van der Waals surface area contributed by atoms with Crippen molar-refractivity contribution in [3.63, 3.8) is 0 Å². The average Bonchev–Trinajstić information content (AvgIpc) is 3.29. The van der Waals surface area contributed by atoms with Crippen LogP contribution >= 0.6 is 23.2 Å². The summed E-state index contributed by atoms with van der Waals surface area (Å²) in [5.41, 5.74) is 5.24. The summed E-state index contributed by atoms with van der Waals surface area (Å²) in [6.45, 7) is 5.44. The number of hydrogen-bond donors (Lipinski definition) is 2. The molecule has 1 saturated carbocycles. The normalized spacial score (nSPS) is 20.9. The molecular formula is C30H34Cl2N6O. The van der Waals surface area contributed by atoms with Crippen LogP contribution in [0.3, 0.4) is 0 Å². The van der Waals surface area contributed by atoms with Crippen molar-refractivity contribution in [2.45, 2.75) is 44.4 Å². The van der Waals surface area contributed by atoms with E-state index >= 15 is 0 Å². The summed E-state index contributed by atoms with van der Waals surface area (Å²) in [4.78, 5) is 14.5. The smallest absolute Gasteiger partial charge is 0.229 e. The number of hydrogen-bond acceptors (Lipinski definition) is 6. The molecule has 2 N–H and O–H groups in total.